The van der Waals surface area contributed by atoms with E-state index in [2.05, 4.69) is 15.6 Å². The molecule has 1 aromatic heterocycles. The van der Waals surface area contributed by atoms with Crippen LogP contribution in [0.25, 0.3) is 11.1 Å². The highest BCUT2D eigenvalue weighted by atomic mass is 19.1. The average Bonchev–Trinajstić information content (AvgIpc) is 3.68. The van der Waals surface area contributed by atoms with Gasteiger partial charge in [-0.25, -0.2) is 8.78 Å². The topological polar surface area (TPSA) is 71.1 Å². The van der Waals surface area contributed by atoms with Crippen molar-refractivity contribution < 1.29 is 18.4 Å². The molecule has 39 heavy (non-hydrogen) atoms. The van der Waals surface area contributed by atoms with Gasteiger partial charge < -0.3 is 15.4 Å². The average molecular weight is 526 g/mol. The predicted octanol–water partition coefficient (Wildman–Crippen LogP) is 5.93. The highest BCUT2D eigenvalue weighted by Crippen LogP contribution is 2.55. The summed E-state index contributed by atoms with van der Waals surface area (Å²) in [5.41, 5.74) is 4.36. The second-order valence-corrected chi connectivity index (χ2v) is 10.1. The smallest absolute Gasteiger partial charge is 0.225 e. The van der Waals surface area contributed by atoms with Gasteiger partial charge in [0.15, 0.2) is 0 Å². The number of pyridine rings is 1. The molecule has 2 N–H and O–H groups in total. The van der Waals surface area contributed by atoms with Crippen molar-refractivity contribution >= 4 is 17.9 Å². The van der Waals surface area contributed by atoms with Crippen LogP contribution in [0.3, 0.4) is 0 Å². The molecule has 3 atom stereocenters. The van der Waals surface area contributed by atoms with Crippen LogP contribution in [0.2, 0.25) is 0 Å². The van der Waals surface area contributed by atoms with Crippen molar-refractivity contribution in [1.82, 2.24) is 10.3 Å². The number of amides is 1. The molecule has 1 heterocycles. The van der Waals surface area contributed by atoms with E-state index in [9.17, 15) is 18.4 Å². The quantitative estimate of drug-likeness (QED) is 0.266. The third-order valence-electron chi connectivity index (χ3n) is 7.40. The maximum atomic E-state index is 14.1. The third-order valence-corrected chi connectivity index (χ3v) is 7.40. The number of nitrogens with zero attached hydrogens (tertiary/aromatic N) is 1. The summed E-state index contributed by atoms with van der Waals surface area (Å²) in [5, 5.41) is 6.18. The van der Waals surface area contributed by atoms with Crippen LogP contribution in [-0.2, 0) is 21.4 Å². The maximum Gasteiger partial charge on any atom is 0.225 e. The number of para-hydroxylation sites is 1. The molecule has 1 saturated carbocycles. The van der Waals surface area contributed by atoms with E-state index in [-0.39, 0.29) is 12.3 Å². The van der Waals surface area contributed by atoms with Gasteiger partial charge in [-0.1, -0.05) is 54.1 Å². The zero-order valence-corrected chi connectivity index (χ0v) is 21.7. The van der Waals surface area contributed by atoms with Gasteiger partial charge in [0.05, 0.1) is 23.1 Å². The molecule has 1 aliphatic rings. The van der Waals surface area contributed by atoms with Crippen molar-refractivity contribution in [2.24, 2.45) is 5.92 Å². The number of aromatic nitrogens is 1. The van der Waals surface area contributed by atoms with Crippen LogP contribution in [0.4, 0.5) is 14.5 Å². The summed E-state index contributed by atoms with van der Waals surface area (Å²) in [6, 6.07) is 21.7. The first-order valence-corrected chi connectivity index (χ1v) is 12.9. The molecule has 5 nitrogen and oxygen atoms in total. The van der Waals surface area contributed by atoms with Gasteiger partial charge in [-0.3, -0.25) is 9.78 Å². The van der Waals surface area contributed by atoms with E-state index >= 15 is 0 Å². The first-order valence-electron chi connectivity index (χ1n) is 12.9. The van der Waals surface area contributed by atoms with E-state index in [4.69, 9.17) is 0 Å². The molecule has 0 spiro atoms. The summed E-state index contributed by atoms with van der Waals surface area (Å²) in [6.07, 6.45) is 2.97. The summed E-state index contributed by atoms with van der Waals surface area (Å²) in [5.74, 6) is -2.28. The van der Waals surface area contributed by atoms with Gasteiger partial charge in [0, 0.05) is 30.6 Å². The maximum absolute atomic E-state index is 14.1. The van der Waals surface area contributed by atoms with Crippen molar-refractivity contribution in [3.8, 4) is 11.1 Å². The number of benzene rings is 3. The monoisotopic (exact) mass is 525 g/mol. The Morgan fingerprint density at radius 3 is 2.54 bits per heavy atom. The number of hydrogen-bond acceptors (Lipinski definition) is 4. The van der Waals surface area contributed by atoms with Gasteiger partial charge in [0.25, 0.3) is 0 Å². The first kappa shape index (κ1) is 26.2. The van der Waals surface area contributed by atoms with Gasteiger partial charge in [0.2, 0.25) is 5.91 Å². The Hall–Kier alpha value is -4.39. The van der Waals surface area contributed by atoms with Crippen LogP contribution < -0.4 is 10.6 Å². The van der Waals surface area contributed by atoms with Crippen LogP contribution >= 0.6 is 0 Å². The fourth-order valence-electron chi connectivity index (χ4n) is 5.41. The van der Waals surface area contributed by atoms with E-state index in [0.29, 0.717) is 17.7 Å². The number of carbonyl (C=O) groups is 2. The summed E-state index contributed by atoms with van der Waals surface area (Å²) in [6.45, 7) is 1.99. The Balaban J connectivity index is 1.51. The molecule has 0 saturated heterocycles. The van der Waals surface area contributed by atoms with Gasteiger partial charge in [0.1, 0.15) is 17.9 Å². The summed E-state index contributed by atoms with van der Waals surface area (Å²) < 4.78 is 28.2. The summed E-state index contributed by atoms with van der Waals surface area (Å²) in [4.78, 5) is 30.7. The molecule has 5 rings (SSSR count). The van der Waals surface area contributed by atoms with Crippen LogP contribution in [-0.4, -0.2) is 24.2 Å². The fraction of sp³-hybridized carbons (Fsp3) is 0.219. The van der Waals surface area contributed by atoms with Crippen molar-refractivity contribution in [3.63, 3.8) is 0 Å². The Morgan fingerprint density at radius 1 is 1.05 bits per heavy atom. The predicted molar refractivity (Wildman–Crippen MR) is 147 cm³/mol. The second-order valence-electron chi connectivity index (χ2n) is 10.1. The lowest BCUT2D eigenvalue weighted by molar-refractivity contribution is -0.124. The van der Waals surface area contributed by atoms with Crippen LogP contribution in [0.1, 0.15) is 34.8 Å². The minimum absolute atomic E-state index is 0.115. The highest BCUT2D eigenvalue weighted by molar-refractivity contribution is 5.94. The summed E-state index contributed by atoms with van der Waals surface area (Å²) in [7, 11) is 1.77. The van der Waals surface area contributed by atoms with Gasteiger partial charge in [-0.2, -0.15) is 0 Å². The fourth-order valence-corrected chi connectivity index (χ4v) is 5.41. The lowest BCUT2D eigenvalue weighted by atomic mass is 9.92. The lowest BCUT2D eigenvalue weighted by Crippen LogP contribution is -2.34. The van der Waals surface area contributed by atoms with Crippen molar-refractivity contribution in [1.29, 1.82) is 0 Å². The highest BCUT2D eigenvalue weighted by Gasteiger charge is 2.60. The number of rotatable bonds is 9. The Labute approximate surface area is 226 Å². The molecular formula is C32H29F2N3O2. The zero-order valence-electron chi connectivity index (χ0n) is 21.7. The van der Waals surface area contributed by atoms with Crippen LogP contribution in [0, 0.1) is 24.5 Å². The SMILES string of the molecule is CNc1ccccc1C1(C=O)CC1C(=O)NC(Cc1cc(F)cc(F)c1)c1ncccc1-c1cccc(C)c1. The molecule has 0 radical (unpaired) electrons. The number of halogens is 2. The summed E-state index contributed by atoms with van der Waals surface area (Å²) >= 11 is 0. The lowest BCUT2D eigenvalue weighted by Gasteiger charge is -2.23. The van der Waals surface area contributed by atoms with E-state index in [0.717, 1.165) is 40.3 Å². The largest absolute Gasteiger partial charge is 0.388 e. The number of aldehydes is 1. The van der Waals surface area contributed by atoms with Gasteiger partial charge in [-0.05, 0) is 60.7 Å². The number of hydrogen-bond donors (Lipinski definition) is 2. The Bertz CT molecular complexity index is 1520. The Kier molecular flexibility index (Phi) is 7.24. The molecule has 198 valence electrons. The number of nitrogens with one attached hydrogen (secondary N) is 2. The van der Waals surface area contributed by atoms with Gasteiger partial charge in [-0.15, -0.1) is 0 Å². The van der Waals surface area contributed by atoms with Crippen molar-refractivity contribution in [3.05, 3.63) is 119 Å². The van der Waals surface area contributed by atoms with E-state index in [1.54, 1.807) is 13.2 Å². The normalized spacial score (nSPS) is 18.7. The van der Waals surface area contributed by atoms with Crippen molar-refractivity contribution in [2.75, 3.05) is 12.4 Å². The standard InChI is InChI=1S/C32H29F2N3O2/c1-20-7-5-8-22(13-20)25-9-6-12-36-30(25)29(16-21-14-23(33)17-24(34)15-21)37-31(39)27-18-32(27,19-38)26-10-3-4-11-28(26)35-2/h3-15,17,19,27,29,35H,16,18H2,1-2H3,(H,37,39). The molecule has 3 unspecified atom stereocenters. The molecule has 7 heteroatoms. The number of aryl methyl sites for hydroxylation is 1. The molecule has 1 amide bonds. The molecule has 3 aromatic carbocycles. The third kappa shape index (κ3) is 5.30. The van der Waals surface area contributed by atoms with Crippen molar-refractivity contribution in [2.45, 2.75) is 31.2 Å². The second kappa shape index (κ2) is 10.8. The van der Waals surface area contributed by atoms with E-state index in [1.165, 1.54) is 12.1 Å². The first-order chi connectivity index (χ1) is 18.8. The van der Waals surface area contributed by atoms with Gasteiger partial charge >= 0.3 is 0 Å². The Morgan fingerprint density at radius 2 is 1.82 bits per heavy atom. The molecule has 0 aliphatic heterocycles. The van der Waals surface area contributed by atoms with Crippen LogP contribution in [0.15, 0.2) is 85.1 Å². The molecule has 1 fully saturated rings. The number of carbonyl (C=O) groups excluding carboxylic acids is 2. The molecular weight excluding hydrogens is 496 g/mol. The van der Waals surface area contributed by atoms with E-state index in [1.807, 2.05) is 67.6 Å². The molecule has 0 bridgehead atoms. The number of anilines is 1. The zero-order chi connectivity index (χ0) is 27.6. The van der Waals surface area contributed by atoms with E-state index < -0.39 is 29.0 Å². The molecule has 4 aromatic rings. The minimum Gasteiger partial charge on any atom is -0.388 e. The van der Waals surface area contributed by atoms with Crippen LogP contribution in [0.5, 0.6) is 0 Å². The minimum atomic E-state index is -0.942. The molecule has 1 aliphatic carbocycles.